The quantitative estimate of drug-likeness (QED) is 0.772. The van der Waals surface area contributed by atoms with E-state index < -0.39 is 5.97 Å². The van der Waals surface area contributed by atoms with Crippen molar-refractivity contribution < 1.29 is 19.1 Å². The zero-order valence-electron chi connectivity index (χ0n) is 11.4. The van der Waals surface area contributed by atoms with Gasteiger partial charge in [-0.05, 0) is 39.3 Å². The highest BCUT2D eigenvalue weighted by molar-refractivity contribution is 6.01. The molecule has 1 heterocycles. The Bertz CT molecular complexity index is 474. The molecule has 1 aromatic rings. The van der Waals surface area contributed by atoms with Crippen LogP contribution in [0.3, 0.4) is 0 Å². The molecule has 0 aromatic carbocycles. The smallest absolute Gasteiger partial charge is 0.331 e. The van der Waals surface area contributed by atoms with Crippen molar-refractivity contribution in [2.24, 2.45) is 0 Å². The van der Waals surface area contributed by atoms with Crippen molar-refractivity contribution >= 4 is 11.9 Å². The molecular weight excluding hydrogens is 246 g/mol. The molecule has 1 amide bonds. The number of nitrogens with one attached hydrogen (secondary N) is 1. The lowest BCUT2D eigenvalue weighted by Gasteiger charge is -2.14. The molecule has 0 fully saturated rings. The van der Waals surface area contributed by atoms with E-state index in [9.17, 15) is 9.59 Å². The van der Waals surface area contributed by atoms with Crippen LogP contribution in [-0.4, -0.2) is 23.0 Å². The van der Waals surface area contributed by atoms with Gasteiger partial charge in [-0.15, -0.1) is 0 Å². The van der Waals surface area contributed by atoms with E-state index in [4.69, 9.17) is 9.52 Å². The van der Waals surface area contributed by atoms with Crippen LogP contribution in [0.25, 0.3) is 0 Å². The number of aryl methyl sites for hydroxylation is 1. The highest BCUT2D eigenvalue weighted by Crippen LogP contribution is 2.08. The minimum absolute atomic E-state index is 0.0471. The Balaban J connectivity index is 2.48. The molecule has 0 saturated carbocycles. The number of hydrogen-bond donors (Lipinski definition) is 2. The second-order valence-electron chi connectivity index (χ2n) is 4.55. The van der Waals surface area contributed by atoms with Crippen LogP contribution in [0.15, 0.2) is 34.0 Å². The van der Waals surface area contributed by atoms with Crippen molar-refractivity contribution in [3.05, 3.63) is 35.3 Å². The van der Waals surface area contributed by atoms with Gasteiger partial charge in [0.2, 0.25) is 5.91 Å². The maximum Gasteiger partial charge on any atom is 0.331 e. The van der Waals surface area contributed by atoms with E-state index >= 15 is 0 Å². The maximum absolute atomic E-state index is 11.8. The predicted octanol–water partition coefficient (Wildman–Crippen LogP) is 2.14. The van der Waals surface area contributed by atoms with E-state index in [0.29, 0.717) is 0 Å². The number of rotatable bonds is 6. The van der Waals surface area contributed by atoms with Crippen LogP contribution in [-0.2, 0) is 16.0 Å². The number of aliphatic carboxylic acids is 1. The van der Waals surface area contributed by atoms with Crippen LogP contribution in [0.4, 0.5) is 0 Å². The molecule has 1 rings (SSSR count). The van der Waals surface area contributed by atoms with Crippen LogP contribution < -0.4 is 5.32 Å². The molecule has 0 aliphatic carbocycles. The first-order valence-corrected chi connectivity index (χ1v) is 6.15. The van der Waals surface area contributed by atoms with E-state index in [-0.39, 0.29) is 23.1 Å². The molecule has 104 valence electrons. The van der Waals surface area contributed by atoms with Crippen LogP contribution >= 0.6 is 0 Å². The molecule has 0 spiro atoms. The van der Waals surface area contributed by atoms with Crippen molar-refractivity contribution in [3.63, 3.8) is 0 Å². The number of carboxylic acids is 1. The Morgan fingerprint density at radius 2 is 2.05 bits per heavy atom. The van der Waals surface area contributed by atoms with Crippen LogP contribution in [0, 0.1) is 0 Å². The van der Waals surface area contributed by atoms with Crippen molar-refractivity contribution in [2.75, 3.05) is 0 Å². The number of carbonyl (C=O) groups excluding carboxylic acids is 1. The van der Waals surface area contributed by atoms with Crippen LogP contribution in [0.5, 0.6) is 0 Å². The first kappa shape index (κ1) is 15.0. The molecule has 0 saturated heterocycles. The van der Waals surface area contributed by atoms with E-state index in [1.807, 2.05) is 19.1 Å². The second-order valence-corrected chi connectivity index (χ2v) is 4.55. The number of hydrogen-bond acceptors (Lipinski definition) is 3. The second kappa shape index (κ2) is 6.78. The van der Waals surface area contributed by atoms with Gasteiger partial charge in [0, 0.05) is 23.6 Å². The van der Waals surface area contributed by atoms with Crippen molar-refractivity contribution in [1.82, 2.24) is 5.32 Å². The fraction of sp³-hybridized carbons (Fsp3) is 0.429. The molecule has 5 nitrogen and oxygen atoms in total. The summed E-state index contributed by atoms with van der Waals surface area (Å²) >= 11 is 0. The molecule has 1 atom stereocenters. The molecule has 2 N–H and O–H groups in total. The minimum atomic E-state index is -1.07. The van der Waals surface area contributed by atoms with E-state index in [0.717, 1.165) is 18.6 Å². The lowest BCUT2D eigenvalue weighted by Crippen LogP contribution is -2.34. The fourth-order valence-electron chi connectivity index (χ4n) is 1.55. The van der Waals surface area contributed by atoms with Crippen molar-refractivity contribution in [3.8, 4) is 0 Å². The van der Waals surface area contributed by atoms with Gasteiger partial charge in [0.1, 0.15) is 5.76 Å². The average molecular weight is 265 g/mol. The minimum Gasteiger partial charge on any atom is -0.478 e. The van der Waals surface area contributed by atoms with E-state index in [2.05, 4.69) is 5.32 Å². The first-order chi connectivity index (χ1) is 8.91. The highest BCUT2D eigenvalue weighted by atomic mass is 16.4. The molecule has 0 aliphatic heterocycles. The van der Waals surface area contributed by atoms with Gasteiger partial charge in [-0.25, -0.2) is 4.79 Å². The third kappa shape index (κ3) is 4.62. The summed E-state index contributed by atoms with van der Waals surface area (Å²) in [7, 11) is 0. The van der Waals surface area contributed by atoms with Crippen LogP contribution in [0.1, 0.15) is 33.0 Å². The maximum atomic E-state index is 11.8. The Labute approximate surface area is 112 Å². The number of carboxylic acid groups (broad SMARTS) is 1. The van der Waals surface area contributed by atoms with Gasteiger partial charge in [0.25, 0.3) is 0 Å². The standard InChI is InChI=1S/C14H19NO4/c1-9(6-7-12-5-4-8-19-12)15-13(16)10(2)11(3)14(17)18/h4-5,8-9H,6-7H2,1-3H3,(H,15,16)(H,17,18)/b11-10-. The molecule has 1 aromatic heterocycles. The monoisotopic (exact) mass is 265 g/mol. The Hall–Kier alpha value is -2.04. The van der Waals surface area contributed by atoms with Gasteiger partial charge >= 0.3 is 5.97 Å². The molecule has 0 radical (unpaired) electrons. The predicted molar refractivity (Wildman–Crippen MR) is 70.6 cm³/mol. The Morgan fingerprint density at radius 3 is 2.58 bits per heavy atom. The van der Waals surface area contributed by atoms with Crippen molar-refractivity contribution in [2.45, 2.75) is 39.7 Å². The summed E-state index contributed by atoms with van der Waals surface area (Å²) in [5.74, 6) is -0.544. The summed E-state index contributed by atoms with van der Waals surface area (Å²) in [6, 6.07) is 3.66. The van der Waals surface area contributed by atoms with E-state index in [1.54, 1.807) is 6.26 Å². The summed E-state index contributed by atoms with van der Waals surface area (Å²) in [5.41, 5.74) is 0.299. The summed E-state index contributed by atoms with van der Waals surface area (Å²) in [6.45, 7) is 4.81. The number of furan rings is 1. The third-order valence-corrected chi connectivity index (χ3v) is 3.01. The van der Waals surface area contributed by atoms with Crippen molar-refractivity contribution in [1.29, 1.82) is 0 Å². The van der Waals surface area contributed by atoms with Gasteiger partial charge < -0.3 is 14.8 Å². The number of carbonyl (C=O) groups is 2. The highest BCUT2D eigenvalue weighted by Gasteiger charge is 2.14. The molecule has 0 bridgehead atoms. The largest absolute Gasteiger partial charge is 0.478 e. The number of amides is 1. The lowest BCUT2D eigenvalue weighted by atomic mass is 10.1. The summed E-state index contributed by atoms with van der Waals surface area (Å²) in [6.07, 6.45) is 3.08. The molecular formula is C14H19NO4. The molecule has 0 aliphatic rings. The van der Waals surface area contributed by atoms with Crippen LogP contribution in [0.2, 0.25) is 0 Å². The molecule has 1 unspecified atom stereocenters. The summed E-state index contributed by atoms with van der Waals surface area (Å²) in [4.78, 5) is 22.6. The summed E-state index contributed by atoms with van der Waals surface area (Å²) < 4.78 is 5.21. The van der Waals surface area contributed by atoms with Gasteiger partial charge in [-0.3, -0.25) is 4.79 Å². The van der Waals surface area contributed by atoms with Gasteiger partial charge in [-0.2, -0.15) is 0 Å². The SMILES string of the molecule is C/C(C(=O)O)=C(\C)C(=O)NC(C)CCc1ccco1. The van der Waals surface area contributed by atoms with Gasteiger partial charge in [0.15, 0.2) is 0 Å². The average Bonchev–Trinajstić information content (AvgIpc) is 2.87. The molecule has 5 heteroatoms. The first-order valence-electron chi connectivity index (χ1n) is 6.15. The summed E-state index contributed by atoms with van der Waals surface area (Å²) in [5, 5.41) is 11.6. The van der Waals surface area contributed by atoms with E-state index in [1.165, 1.54) is 13.8 Å². The Morgan fingerprint density at radius 1 is 1.37 bits per heavy atom. The molecule has 19 heavy (non-hydrogen) atoms. The zero-order chi connectivity index (χ0) is 14.4. The third-order valence-electron chi connectivity index (χ3n) is 3.01. The topological polar surface area (TPSA) is 79.5 Å². The van der Waals surface area contributed by atoms with Gasteiger partial charge in [-0.1, -0.05) is 0 Å². The lowest BCUT2D eigenvalue weighted by molar-refractivity contribution is -0.133. The normalized spacial score (nSPS) is 13.6. The Kier molecular flexibility index (Phi) is 5.36. The fourth-order valence-corrected chi connectivity index (χ4v) is 1.55. The van der Waals surface area contributed by atoms with Gasteiger partial charge in [0.05, 0.1) is 6.26 Å². The zero-order valence-corrected chi connectivity index (χ0v) is 11.4.